The lowest BCUT2D eigenvalue weighted by molar-refractivity contribution is 0.565. The first-order valence-corrected chi connectivity index (χ1v) is 4.22. The number of tetrazole rings is 1. The average Bonchev–Trinajstić information content (AvgIpc) is 2.67. The van der Waals surface area contributed by atoms with Gasteiger partial charge in [0.25, 0.3) is 0 Å². The van der Waals surface area contributed by atoms with Crippen molar-refractivity contribution in [1.82, 2.24) is 20.2 Å². The lowest BCUT2D eigenvalue weighted by atomic mass is 10.2. The molecule has 0 saturated heterocycles. The summed E-state index contributed by atoms with van der Waals surface area (Å²) in [6.45, 7) is 0. The topological polar surface area (TPSA) is 73.0 Å². The van der Waals surface area contributed by atoms with Crippen molar-refractivity contribution >= 4 is 11.8 Å². The number of aryl methyl sites for hydroxylation is 1. The molecule has 0 radical (unpaired) electrons. The summed E-state index contributed by atoms with van der Waals surface area (Å²) in [4.78, 5) is 14.9. The largest absolute Gasteiger partial charge is 0.240 e. The van der Waals surface area contributed by atoms with E-state index < -0.39 is 0 Å². The van der Waals surface area contributed by atoms with Crippen molar-refractivity contribution in [1.29, 1.82) is 0 Å². The van der Waals surface area contributed by atoms with Gasteiger partial charge in [-0.3, -0.25) is 0 Å². The Kier molecular flexibility index (Phi) is 2.35. The third kappa shape index (κ3) is 1.95. The van der Waals surface area contributed by atoms with Crippen LogP contribution in [0.2, 0.25) is 0 Å². The van der Waals surface area contributed by atoms with E-state index in [-0.39, 0.29) is 0 Å². The Labute approximate surface area is 85.3 Å². The molecule has 0 N–H and O–H groups in total. The lowest BCUT2D eigenvalue weighted by Crippen LogP contribution is -1.91. The Morgan fingerprint density at radius 2 is 2.07 bits per heavy atom. The van der Waals surface area contributed by atoms with E-state index in [0.717, 1.165) is 5.56 Å². The molecule has 0 aliphatic carbocycles. The van der Waals surface area contributed by atoms with Crippen LogP contribution in [0, 0.1) is 0 Å². The highest BCUT2D eigenvalue weighted by Crippen LogP contribution is 2.18. The zero-order chi connectivity index (χ0) is 10.7. The standard InChI is InChI=1S/C9H7N5O/c1-14-12-9(11-13-14)7-2-4-8(5-3-7)10-6-15/h2-5H,1H3. The van der Waals surface area contributed by atoms with E-state index in [4.69, 9.17) is 0 Å². The molecule has 6 nitrogen and oxygen atoms in total. The fourth-order valence-electron chi connectivity index (χ4n) is 1.14. The highest BCUT2D eigenvalue weighted by molar-refractivity contribution is 5.59. The zero-order valence-electron chi connectivity index (χ0n) is 7.95. The van der Waals surface area contributed by atoms with Gasteiger partial charge in [0.1, 0.15) is 0 Å². The van der Waals surface area contributed by atoms with Crippen LogP contribution in [0.1, 0.15) is 0 Å². The van der Waals surface area contributed by atoms with Gasteiger partial charge in [0.05, 0.1) is 12.7 Å². The van der Waals surface area contributed by atoms with Gasteiger partial charge >= 0.3 is 0 Å². The first-order valence-electron chi connectivity index (χ1n) is 4.22. The normalized spacial score (nSPS) is 9.67. The summed E-state index contributed by atoms with van der Waals surface area (Å²) in [5.41, 5.74) is 1.38. The van der Waals surface area contributed by atoms with Gasteiger partial charge in [-0.2, -0.15) is 9.79 Å². The summed E-state index contributed by atoms with van der Waals surface area (Å²) in [5, 5.41) is 11.6. The van der Waals surface area contributed by atoms with Crippen LogP contribution in [0.5, 0.6) is 0 Å². The van der Waals surface area contributed by atoms with Crippen LogP contribution in [0.4, 0.5) is 5.69 Å². The van der Waals surface area contributed by atoms with Crippen molar-refractivity contribution < 1.29 is 4.79 Å². The number of benzene rings is 1. The molecule has 0 aliphatic rings. The van der Waals surface area contributed by atoms with Gasteiger partial charge in [-0.25, -0.2) is 4.79 Å². The molecule has 74 valence electrons. The molecule has 0 fully saturated rings. The van der Waals surface area contributed by atoms with Crippen molar-refractivity contribution in [2.24, 2.45) is 12.0 Å². The molecule has 0 bridgehead atoms. The molecular weight excluding hydrogens is 194 g/mol. The van der Waals surface area contributed by atoms with E-state index in [9.17, 15) is 4.79 Å². The van der Waals surface area contributed by atoms with Crippen LogP contribution in [0.3, 0.4) is 0 Å². The Hall–Kier alpha value is -2.33. The van der Waals surface area contributed by atoms with Gasteiger partial charge in [0, 0.05) is 5.56 Å². The molecule has 2 aromatic rings. The molecule has 0 aliphatic heterocycles. The fraction of sp³-hybridized carbons (Fsp3) is 0.111. The van der Waals surface area contributed by atoms with Crippen LogP contribution < -0.4 is 0 Å². The average molecular weight is 201 g/mol. The minimum Gasteiger partial charge on any atom is -0.211 e. The number of isocyanates is 1. The lowest BCUT2D eigenvalue weighted by Gasteiger charge is -1.93. The molecule has 1 aromatic heterocycles. The van der Waals surface area contributed by atoms with Gasteiger partial charge in [-0.05, 0) is 29.5 Å². The molecule has 2 rings (SSSR count). The second kappa shape index (κ2) is 3.81. The Morgan fingerprint density at radius 3 is 2.60 bits per heavy atom. The first-order chi connectivity index (χ1) is 7.29. The molecule has 1 heterocycles. The van der Waals surface area contributed by atoms with Gasteiger partial charge in [-0.15, -0.1) is 10.2 Å². The molecule has 1 aromatic carbocycles. The third-order valence-electron chi connectivity index (χ3n) is 1.81. The summed E-state index contributed by atoms with van der Waals surface area (Å²) in [6, 6.07) is 6.92. The molecule has 0 amide bonds. The quantitative estimate of drug-likeness (QED) is 0.533. The molecule has 0 spiro atoms. The molecule has 6 heteroatoms. The smallest absolute Gasteiger partial charge is 0.211 e. The first kappa shape index (κ1) is 9.23. The van der Waals surface area contributed by atoms with Crippen LogP contribution in [0.15, 0.2) is 29.3 Å². The SMILES string of the molecule is Cn1nnc(-c2ccc(N=C=O)cc2)n1. The second-order valence-corrected chi connectivity index (χ2v) is 2.85. The van der Waals surface area contributed by atoms with E-state index >= 15 is 0 Å². The number of hydrogen-bond acceptors (Lipinski definition) is 5. The molecule has 15 heavy (non-hydrogen) atoms. The Morgan fingerprint density at radius 1 is 1.33 bits per heavy atom. The number of hydrogen-bond donors (Lipinski definition) is 0. The number of carbonyl (C=O) groups excluding carboxylic acids is 1. The van der Waals surface area contributed by atoms with Crippen LogP contribution >= 0.6 is 0 Å². The monoisotopic (exact) mass is 201 g/mol. The molecule has 0 unspecified atom stereocenters. The van der Waals surface area contributed by atoms with Crippen molar-refractivity contribution in [3.63, 3.8) is 0 Å². The third-order valence-corrected chi connectivity index (χ3v) is 1.81. The van der Waals surface area contributed by atoms with Crippen molar-refractivity contribution in [3.05, 3.63) is 24.3 Å². The van der Waals surface area contributed by atoms with Gasteiger partial charge in [0.2, 0.25) is 11.9 Å². The number of nitrogens with zero attached hydrogens (tertiary/aromatic N) is 5. The Bertz CT molecular complexity index is 510. The van der Waals surface area contributed by atoms with E-state index in [2.05, 4.69) is 20.4 Å². The number of aromatic nitrogens is 4. The summed E-state index contributed by atoms with van der Waals surface area (Å²) < 4.78 is 0. The minimum absolute atomic E-state index is 0.541. The number of rotatable bonds is 2. The summed E-state index contributed by atoms with van der Waals surface area (Å²) >= 11 is 0. The minimum atomic E-state index is 0.541. The predicted molar refractivity (Wildman–Crippen MR) is 52.0 cm³/mol. The van der Waals surface area contributed by atoms with E-state index in [1.165, 1.54) is 10.9 Å². The van der Waals surface area contributed by atoms with Gasteiger partial charge < -0.3 is 0 Å². The zero-order valence-corrected chi connectivity index (χ0v) is 7.95. The Balaban J connectivity index is 2.35. The predicted octanol–water partition coefficient (Wildman–Crippen LogP) is 0.844. The summed E-state index contributed by atoms with van der Waals surface area (Å²) in [6.07, 6.45) is 1.47. The van der Waals surface area contributed by atoms with Crippen LogP contribution in [-0.2, 0) is 11.8 Å². The molecule has 0 atom stereocenters. The van der Waals surface area contributed by atoms with Crippen molar-refractivity contribution in [2.45, 2.75) is 0 Å². The summed E-state index contributed by atoms with van der Waals surface area (Å²) in [7, 11) is 1.70. The summed E-state index contributed by atoms with van der Waals surface area (Å²) in [5.74, 6) is 0.541. The van der Waals surface area contributed by atoms with E-state index in [0.29, 0.717) is 11.5 Å². The number of aliphatic imine (C=N–C) groups is 1. The highest BCUT2D eigenvalue weighted by Gasteiger charge is 2.03. The van der Waals surface area contributed by atoms with Gasteiger partial charge in [0.15, 0.2) is 0 Å². The highest BCUT2D eigenvalue weighted by atomic mass is 16.1. The second-order valence-electron chi connectivity index (χ2n) is 2.85. The van der Waals surface area contributed by atoms with Crippen LogP contribution in [-0.4, -0.2) is 26.3 Å². The maximum absolute atomic E-state index is 10.0. The van der Waals surface area contributed by atoms with Crippen molar-refractivity contribution in [2.75, 3.05) is 0 Å². The fourth-order valence-corrected chi connectivity index (χ4v) is 1.14. The van der Waals surface area contributed by atoms with Gasteiger partial charge in [-0.1, -0.05) is 0 Å². The molecular formula is C9H7N5O. The maximum Gasteiger partial charge on any atom is 0.240 e. The van der Waals surface area contributed by atoms with E-state index in [1.807, 2.05) is 0 Å². The van der Waals surface area contributed by atoms with Crippen molar-refractivity contribution in [3.8, 4) is 11.4 Å². The molecule has 0 saturated carbocycles. The maximum atomic E-state index is 10.0. The van der Waals surface area contributed by atoms with Crippen LogP contribution in [0.25, 0.3) is 11.4 Å². The van der Waals surface area contributed by atoms with E-state index in [1.54, 1.807) is 31.3 Å².